The molecular formula is C12H23N5O2. The Labute approximate surface area is 113 Å². The Morgan fingerprint density at radius 2 is 2.16 bits per heavy atom. The molecule has 0 bridgehead atoms. The minimum atomic E-state index is -0.807. The van der Waals surface area contributed by atoms with Gasteiger partial charge in [0.2, 0.25) is 0 Å². The average Bonchev–Trinajstić information content (AvgIpc) is 2.34. The van der Waals surface area contributed by atoms with Gasteiger partial charge in [-0.2, -0.15) is 0 Å². The third-order valence-electron chi connectivity index (χ3n) is 2.46. The highest BCUT2D eigenvalue weighted by molar-refractivity contribution is 5.49. The average molecular weight is 269 g/mol. The van der Waals surface area contributed by atoms with E-state index in [0.29, 0.717) is 30.6 Å². The van der Waals surface area contributed by atoms with Crippen LogP contribution in [0.3, 0.4) is 0 Å². The molecule has 0 unspecified atom stereocenters. The quantitative estimate of drug-likeness (QED) is 0.490. The zero-order chi connectivity index (χ0) is 14.5. The minimum absolute atomic E-state index is 0.308. The number of rotatable bonds is 7. The van der Waals surface area contributed by atoms with Crippen molar-refractivity contribution in [3.05, 3.63) is 11.9 Å². The maximum absolute atomic E-state index is 9.93. The van der Waals surface area contributed by atoms with Crippen LogP contribution in [-0.4, -0.2) is 40.9 Å². The molecule has 108 valence electrons. The standard InChI is InChI=1S/C12H23N5O2/c1-5-17(8-12(2,3)18)11-6-9(16-13)14-10(15-11)7-19-4/h6,18H,5,7-8,13H2,1-4H3,(H,14,15,16). The van der Waals surface area contributed by atoms with E-state index in [0.717, 1.165) is 6.54 Å². The lowest BCUT2D eigenvalue weighted by Gasteiger charge is -2.29. The SMILES string of the molecule is CCN(CC(C)(C)O)c1cc(NN)nc(COC)n1. The Morgan fingerprint density at radius 1 is 1.47 bits per heavy atom. The van der Waals surface area contributed by atoms with Crippen molar-refractivity contribution in [2.24, 2.45) is 5.84 Å². The summed E-state index contributed by atoms with van der Waals surface area (Å²) in [6.45, 7) is 7.01. The van der Waals surface area contributed by atoms with E-state index in [1.807, 2.05) is 11.8 Å². The van der Waals surface area contributed by atoms with Crippen molar-refractivity contribution in [1.82, 2.24) is 9.97 Å². The van der Waals surface area contributed by atoms with Crippen LogP contribution in [0.2, 0.25) is 0 Å². The van der Waals surface area contributed by atoms with E-state index in [1.54, 1.807) is 27.0 Å². The summed E-state index contributed by atoms with van der Waals surface area (Å²) >= 11 is 0. The third kappa shape index (κ3) is 4.98. The number of nitrogens with one attached hydrogen (secondary N) is 1. The zero-order valence-corrected chi connectivity index (χ0v) is 12.0. The number of methoxy groups -OCH3 is 1. The summed E-state index contributed by atoms with van der Waals surface area (Å²) in [7, 11) is 1.58. The van der Waals surface area contributed by atoms with E-state index in [4.69, 9.17) is 10.6 Å². The Hall–Kier alpha value is -1.44. The first-order valence-electron chi connectivity index (χ1n) is 6.20. The molecule has 7 nitrogen and oxygen atoms in total. The fourth-order valence-electron chi connectivity index (χ4n) is 1.73. The molecule has 0 aliphatic rings. The lowest BCUT2D eigenvalue weighted by molar-refractivity contribution is 0.0873. The zero-order valence-electron chi connectivity index (χ0n) is 12.0. The Kier molecular flexibility index (Phi) is 5.46. The van der Waals surface area contributed by atoms with Gasteiger partial charge in [0.15, 0.2) is 5.82 Å². The van der Waals surface area contributed by atoms with Crippen LogP contribution >= 0.6 is 0 Å². The van der Waals surface area contributed by atoms with Gasteiger partial charge in [-0.15, -0.1) is 0 Å². The van der Waals surface area contributed by atoms with Gasteiger partial charge in [0, 0.05) is 26.3 Å². The first-order chi connectivity index (χ1) is 8.89. The normalized spacial score (nSPS) is 11.5. The summed E-state index contributed by atoms with van der Waals surface area (Å²) in [5, 5.41) is 9.93. The van der Waals surface area contributed by atoms with Gasteiger partial charge in [0.1, 0.15) is 18.2 Å². The van der Waals surface area contributed by atoms with E-state index in [-0.39, 0.29) is 0 Å². The molecule has 1 rings (SSSR count). The summed E-state index contributed by atoms with van der Waals surface area (Å²) in [5.41, 5.74) is 1.71. The Morgan fingerprint density at radius 3 is 2.63 bits per heavy atom. The first-order valence-corrected chi connectivity index (χ1v) is 6.20. The molecule has 0 aromatic carbocycles. The summed E-state index contributed by atoms with van der Waals surface area (Å²) in [4.78, 5) is 10.6. The molecule has 0 fully saturated rings. The lowest BCUT2D eigenvalue weighted by Crippen LogP contribution is -2.39. The second-order valence-electron chi connectivity index (χ2n) is 4.93. The fraction of sp³-hybridized carbons (Fsp3) is 0.667. The number of hydrogen-bond donors (Lipinski definition) is 3. The van der Waals surface area contributed by atoms with Crippen LogP contribution in [0.1, 0.15) is 26.6 Å². The second-order valence-corrected chi connectivity index (χ2v) is 4.93. The maximum atomic E-state index is 9.93. The van der Waals surface area contributed by atoms with Crippen molar-refractivity contribution >= 4 is 11.6 Å². The molecule has 0 saturated carbocycles. The molecule has 0 aliphatic heterocycles. The predicted molar refractivity (Wildman–Crippen MR) is 74.7 cm³/mol. The molecule has 7 heteroatoms. The van der Waals surface area contributed by atoms with E-state index in [1.165, 1.54) is 0 Å². The highest BCUT2D eigenvalue weighted by atomic mass is 16.5. The molecular weight excluding hydrogens is 246 g/mol. The molecule has 1 aromatic heterocycles. The van der Waals surface area contributed by atoms with Crippen molar-refractivity contribution < 1.29 is 9.84 Å². The smallest absolute Gasteiger partial charge is 0.158 e. The first kappa shape index (κ1) is 15.6. The summed E-state index contributed by atoms with van der Waals surface area (Å²) in [6, 6.07) is 1.74. The van der Waals surface area contributed by atoms with Crippen molar-refractivity contribution in [2.45, 2.75) is 33.0 Å². The number of aromatic nitrogens is 2. The monoisotopic (exact) mass is 269 g/mol. The summed E-state index contributed by atoms with van der Waals surface area (Å²) in [5.74, 6) is 7.17. The van der Waals surface area contributed by atoms with Crippen LogP contribution in [-0.2, 0) is 11.3 Å². The Balaban J connectivity index is 3.04. The van der Waals surface area contributed by atoms with Gasteiger partial charge in [0.25, 0.3) is 0 Å². The fourth-order valence-corrected chi connectivity index (χ4v) is 1.73. The number of nitrogens with two attached hydrogens (primary N) is 1. The van der Waals surface area contributed by atoms with Crippen molar-refractivity contribution in [3.8, 4) is 0 Å². The Bertz CT molecular complexity index is 406. The van der Waals surface area contributed by atoms with Crippen LogP contribution in [0.25, 0.3) is 0 Å². The van der Waals surface area contributed by atoms with Crippen LogP contribution in [0.4, 0.5) is 11.6 Å². The maximum Gasteiger partial charge on any atom is 0.158 e. The molecule has 0 amide bonds. The van der Waals surface area contributed by atoms with Crippen LogP contribution in [0, 0.1) is 0 Å². The van der Waals surface area contributed by atoms with Gasteiger partial charge < -0.3 is 20.2 Å². The van der Waals surface area contributed by atoms with Gasteiger partial charge in [-0.1, -0.05) is 0 Å². The molecule has 0 atom stereocenters. The van der Waals surface area contributed by atoms with E-state index in [9.17, 15) is 5.11 Å². The van der Waals surface area contributed by atoms with Crippen molar-refractivity contribution in [3.63, 3.8) is 0 Å². The second kappa shape index (κ2) is 6.65. The number of nitrogens with zero attached hydrogens (tertiary/aromatic N) is 3. The highest BCUT2D eigenvalue weighted by Crippen LogP contribution is 2.18. The molecule has 1 heterocycles. The third-order valence-corrected chi connectivity index (χ3v) is 2.46. The van der Waals surface area contributed by atoms with Crippen molar-refractivity contribution in [2.75, 3.05) is 30.5 Å². The van der Waals surface area contributed by atoms with Gasteiger partial charge in [-0.25, -0.2) is 15.8 Å². The topological polar surface area (TPSA) is 96.5 Å². The highest BCUT2D eigenvalue weighted by Gasteiger charge is 2.19. The van der Waals surface area contributed by atoms with Crippen molar-refractivity contribution in [1.29, 1.82) is 0 Å². The largest absolute Gasteiger partial charge is 0.389 e. The molecule has 4 N–H and O–H groups in total. The predicted octanol–water partition coefficient (Wildman–Crippen LogP) is 0.506. The number of likely N-dealkylation sites (N-methyl/N-ethyl adjacent to an activating group) is 1. The number of hydrogen-bond acceptors (Lipinski definition) is 7. The molecule has 1 aromatic rings. The van der Waals surface area contributed by atoms with Crippen LogP contribution in [0.15, 0.2) is 6.07 Å². The summed E-state index contributed by atoms with van der Waals surface area (Å²) < 4.78 is 5.04. The number of hydrazine groups is 1. The van der Waals surface area contributed by atoms with Gasteiger partial charge >= 0.3 is 0 Å². The van der Waals surface area contributed by atoms with E-state index >= 15 is 0 Å². The number of ether oxygens (including phenoxy) is 1. The molecule has 0 radical (unpaired) electrons. The minimum Gasteiger partial charge on any atom is -0.389 e. The van der Waals surface area contributed by atoms with E-state index in [2.05, 4.69) is 15.4 Å². The molecule has 19 heavy (non-hydrogen) atoms. The van der Waals surface area contributed by atoms with Gasteiger partial charge in [-0.05, 0) is 20.8 Å². The van der Waals surface area contributed by atoms with E-state index < -0.39 is 5.60 Å². The van der Waals surface area contributed by atoms with Gasteiger partial charge in [-0.3, -0.25) is 0 Å². The van der Waals surface area contributed by atoms with Gasteiger partial charge in [0.05, 0.1) is 5.60 Å². The molecule has 0 saturated heterocycles. The van der Waals surface area contributed by atoms with Crippen LogP contribution in [0.5, 0.6) is 0 Å². The molecule has 0 spiro atoms. The van der Waals surface area contributed by atoms with Crippen LogP contribution < -0.4 is 16.2 Å². The number of aliphatic hydroxyl groups is 1. The number of nitrogen functional groups attached to an aromatic ring is 1. The lowest BCUT2D eigenvalue weighted by atomic mass is 10.1. The summed E-state index contributed by atoms with van der Waals surface area (Å²) in [6.07, 6.45) is 0. The molecule has 0 aliphatic carbocycles. The number of anilines is 2.